The van der Waals surface area contributed by atoms with Gasteiger partial charge in [0.25, 0.3) is 0 Å². The normalized spacial score (nSPS) is 11.0. The van der Waals surface area contributed by atoms with Gasteiger partial charge >= 0.3 is 11.9 Å². The molecule has 0 bridgehead atoms. The van der Waals surface area contributed by atoms with Gasteiger partial charge < -0.3 is 9.47 Å². The van der Waals surface area contributed by atoms with Gasteiger partial charge in [-0.2, -0.15) is 0 Å². The Balaban J connectivity index is 3.27. The van der Waals surface area contributed by atoms with Crippen LogP contribution in [0.5, 0.6) is 0 Å². The van der Waals surface area contributed by atoms with Crippen LogP contribution < -0.4 is 0 Å². The molecule has 0 saturated heterocycles. The molecule has 0 unspecified atom stereocenters. The molecule has 0 aliphatic rings. The summed E-state index contributed by atoms with van der Waals surface area (Å²) in [4.78, 5) is 23.5. The molecule has 0 N–H and O–H groups in total. The van der Waals surface area contributed by atoms with Crippen molar-refractivity contribution in [2.75, 3.05) is 13.2 Å². The fourth-order valence-electron chi connectivity index (χ4n) is 4.06. The minimum Gasteiger partial charge on any atom is -0.466 e. The topological polar surface area (TPSA) is 52.6 Å². The van der Waals surface area contributed by atoms with Crippen LogP contribution >= 0.6 is 0 Å². The third-order valence-corrected chi connectivity index (χ3v) is 6.28. The second-order valence-electron chi connectivity index (χ2n) is 9.66. The van der Waals surface area contributed by atoms with E-state index < -0.39 is 0 Å². The highest BCUT2D eigenvalue weighted by atomic mass is 16.5. The van der Waals surface area contributed by atoms with Crippen LogP contribution in [0, 0.1) is 0 Å². The number of hydrogen-bond donors (Lipinski definition) is 0. The molecular weight excluding hydrogens is 412 g/mol. The van der Waals surface area contributed by atoms with Crippen LogP contribution in [0.1, 0.15) is 162 Å². The Kier molecular flexibility index (Phi) is 26.3. The summed E-state index contributed by atoms with van der Waals surface area (Å²) in [6.07, 6.45) is 26.4. The van der Waals surface area contributed by atoms with Crippen molar-refractivity contribution in [2.45, 2.75) is 162 Å². The number of carbonyl (C=O) groups excluding carboxylic acids is 2. The van der Waals surface area contributed by atoms with Gasteiger partial charge in [-0.3, -0.25) is 9.59 Å². The zero-order valence-electron chi connectivity index (χ0n) is 22.3. The maximum Gasteiger partial charge on any atom is 0.305 e. The van der Waals surface area contributed by atoms with Gasteiger partial charge in [-0.1, -0.05) is 123 Å². The van der Waals surface area contributed by atoms with E-state index in [1.807, 2.05) is 0 Å². The zero-order valence-corrected chi connectivity index (χ0v) is 22.3. The maximum atomic E-state index is 11.8. The van der Waals surface area contributed by atoms with Crippen molar-refractivity contribution in [3.63, 3.8) is 0 Å². The van der Waals surface area contributed by atoms with Gasteiger partial charge in [0.2, 0.25) is 0 Å². The zero-order chi connectivity index (χ0) is 24.2. The van der Waals surface area contributed by atoms with Gasteiger partial charge in [0, 0.05) is 12.8 Å². The molecule has 0 aliphatic heterocycles. The minimum atomic E-state index is -0.133. The molecular formula is C29H56O4. The smallest absolute Gasteiger partial charge is 0.305 e. The number of esters is 2. The van der Waals surface area contributed by atoms with E-state index in [9.17, 15) is 9.59 Å². The van der Waals surface area contributed by atoms with E-state index >= 15 is 0 Å². The SMILES string of the molecule is CCCCCCCCCCCCCCOC(=O)CCCCC(=O)OCCCCCCCCC. The predicted molar refractivity (Wildman–Crippen MR) is 139 cm³/mol. The predicted octanol–water partition coefficient (Wildman–Crippen LogP) is 9.08. The molecule has 4 nitrogen and oxygen atoms in total. The quantitative estimate of drug-likeness (QED) is 0.0938. The molecule has 0 heterocycles. The van der Waals surface area contributed by atoms with Crippen LogP contribution in [-0.2, 0) is 19.1 Å². The molecule has 33 heavy (non-hydrogen) atoms. The lowest BCUT2D eigenvalue weighted by molar-refractivity contribution is -0.146. The van der Waals surface area contributed by atoms with Gasteiger partial charge in [-0.15, -0.1) is 0 Å². The van der Waals surface area contributed by atoms with E-state index in [2.05, 4.69) is 13.8 Å². The van der Waals surface area contributed by atoms with Crippen molar-refractivity contribution in [2.24, 2.45) is 0 Å². The lowest BCUT2D eigenvalue weighted by Crippen LogP contribution is -2.08. The molecule has 0 aromatic heterocycles. The molecule has 0 aromatic rings. The third kappa shape index (κ3) is 27.1. The number of carbonyl (C=O) groups is 2. The van der Waals surface area contributed by atoms with Crippen molar-refractivity contribution < 1.29 is 19.1 Å². The first kappa shape index (κ1) is 31.9. The van der Waals surface area contributed by atoms with Crippen molar-refractivity contribution in [1.29, 1.82) is 0 Å². The van der Waals surface area contributed by atoms with Crippen LogP contribution in [0.4, 0.5) is 0 Å². The first-order chi connectivity index (χ1) is 16.2. The average Bonchev–Trinajstić information content (AvgIpc) is 2.81. The first-order valence-corrected chi connectivity index (χ1v) is 14.5. The molecule has 0 aromatic carbocycles. The van der Waals surface area contributed by atoms with Crippen molar-refractivity contribution in [1.82, 2.24) is 0 Å². The second-order valence-corrected chi connectivity index (χ2v) is 9.66. The van der Waals surface area contributed by atoms with E-state index in [0.717, 1.165) is 25.7 Å². The molecule has 0 atom stereocenters. The van der Waals surface area contributed by atoms with E-state index in [1.165, 1.54) is 96.3 Å². The first-order valence-electron chi connectivity index (χ1n) is 14.5. The Morgan fingerprint density at radius 3 is 0.970 bits per heavy atom. The molecule has 0 saturated carbocycles. The molecule has 0 rings (SSSR count). The van der Waals surface area contributed by atoms with E-state index in [1.54, 1.807) is 0 Å². The van der Waals surface area contributed by atoms with Crippen LogP contribution in [0.15, 0.2) is 0 Å². The molecule has 0 aliphatic carbocycles. The Labute approximate surface area is 206 Å². The third-order valence-electron chi connectivity index (χ3n) is 6.28. The highest BCUT2D eigenvalue weighted by Crippen LogP contribution is 2.12. The van der Waals surface area contributed by atoms with Crippen LogP contribution in [-0.4, -0.2) is 25.2 Å². The fraction of sp³-hybridized carbons (Fsp3) is 0.931. The number of unbranched alkanes of at least 4 members (excludes halogenated alkanes) is 18. The highest BCUT2D eigenvalue weighted by Gasteiger charge is 2.06. The van der Waals surface area contributed by atoms with E-state index in [-0.39, 0.29) is 11.9 Å². The van der Waals surface area contributed by atoms with Crippen LogP contribution in [0.25, 0.3) is 0 Å². The van der Waals surface area contributed by atoms with Gasteiger partial charge in [-0.05, 0) is 25.7 Å². The summed E-state index contributed by atoms with van der Waals surface area (Å²) in [5.41, 5.74) is 0. The van der Waals surface area contributed by atoms with Gasteiger partial charge in [0.05, 0.1) is 13.2 Å². The van der Waals surface area contributed by atoms with Crippen molar-refractivity contribution >= 4 is 11.9 Å². The van der Waals surface area contributed by atoms with E-state index in [4.69, 9.17) is 9.47 Å². The van der Waals surface area contributed by atoms with Crippen LogP contribution in [0.3, 0.4) is 0 Å². The lowest BCUT2D eigenvalue weighted by Gasteiger charge is -2.06. The molecule has 0 radical (unpaired) electrons. The van der Waals surface area contributed by atoms with Crippen LogP contribution in [0.2, 0.25) is 0 Å². The summed E-state index contributed by atoms with van der Waals surface area (Å²) < 4.78 is 10.6. The largest absolute Gasteiger partial charge is 0.466 e. The molecule has 0 fully saturated rings. The lowest BCUT2D eigenvalue weighted by atomic mass is 10.1. The summed E-state index contributed by atoms with van der Waals surface area (Å²) in [6.45, 7) is 5.56. The Morgan fingerprint density at radius 1 is 0.394 bits per heavy atom. The summed E-state index contributed by atoms with van der Waals surface area (Å²) in [6, 6.07) is 0. The van der Waals surface area contributed by atoms with Crippen molar-refractivity contribution in [3.05, 3.63) is 0 Å². The molecule has 0 spiro atoms. The number of ether oxygens (including phenoxy) is 2. The maximum absolute atomic E-state index is 11.8. The minimum absolute atomic E-state index is 0.130. The van der Waals surface area contributed by atoms with Gasteiger partial charge in [0.15, 0.2) is 0 Å². The standard InChI is InChI=1S/C29H56O4/c1-3-5-7-9-11-12-13-14-15-17-19-23-27-33-29(31)25-21-20-24-28(30)32-26-22-18-16-10-8-6-4-2/h3-27H2,1-2H3. The van der Waals surface area contributed by atoms with Gasteiger partial charge in [-0.25, -0.2) is 0 Å². The molecule has 196 valence electrons. The Bertz CT molecular complexity index is 422. The fourth-order valence-corrected chi connectivity index (χ4v) is 4.06. The Morgan fingerprint density at radius 2 is 0.667 bits per heavy atom. The number of hydrogen-bond acceptors (Lipinski definition) is 4. The summed E-state index contributed by atoms with van der Waals surface area (Å²) >= 11 is 0. The summed E-state index contributed by atoms with van der Waals surface area (Å²) in [5, 5.41) is 0. The van der Waals surface area contributed by atoms with E-state index in [0.29, 0.717) is 38.9 Å². The highest BCUT2D eigenvalue weighted by molar-refractivity contribution is 5.70. The Hall–Kier alpha value is -1.06. The monoisotopic (exact) mass is 468 g/mol. The summed E-state index contributed by atoms with van der Waals surface area (Å²) in [5.74, 6) is -0.264. The molecule has 4 heteroatoms. The van der Waals surface area contributed by atoms with Crippen molar-refractivity contribution in [3.8, 4) is 0 Å². The van der Waals surface area contributed by atoms with Gasteiger partial charge in [0.1, 0.15) is 0 Å². The second kappa shape index (κ2) is 27.2. The number of rotatable bonds is 26. The average molecular weight is 469 g/mol. The molecule has 0 amide bonds. The summed E-state index contributed by atoms with van der Waals surface area (Å²) in [7, 11) is 0.